The smallest absolute Gasteiger partial charge is 0.122 e. The summed E-state index contributed by atoms with van der Waals surface area (Å²) >= 11 is 0. The van der Waals surface area contributed by atoms with Gasteiger partial charge in [-0.25, -0.2) is 0 Å². The maximum atomic E-state index is 9.33. The number of para-hydroxylation sites is 1. The number of hydrogen-bond donors (Lipinski definition) is 1. The summed E-state index contributed by atoms with van der Waals surface area (Å²) in [4.78, 5) is 0. The Balaban J connectivity index is 1.88. The molecule has 1 N–H and O–H groups in total. The van der Waals surface area contributed by atoms with Gasteiger partial charge in [0.1, 0.15) is 5.75 Å². The highest BCUT2D eigenvalue weighted by atomic mass is 16.5. The second-order valence-corrected chi connectivity index (χ2v) is 4.71. The van der Waals surface area contributed by atoms with Crippen LogP contribution in [0.5, 0.6) is 5.75 Å². The molecular weight excluding hydrogens is 200 g/mol. The molecule has 1 atom stereocenters. The number of aryl methyl sites for hydroxylation is 1. The number of aliphatic hydroxyl groups is 1. The van der Waals surface area contributed by atoms with Crippen molar-refractivity contribution in [1.82, 2.24) is 0 Å². The minimum absolute atomic E-state index is 0.247. The molecule has 1 aromatic carbocycles. The second-order valence-electron chi connectivity index (χ2n) is 4.71. The highest BCUT2D eigenvalue weighted by Crippen LogP contribution is 2.33. The Labute approximate surface area is 97.3 Å². The summed E-state index contributed by atoms with van der Waals surface area (Å²) in [6.45, 7) is 2.94. The fraction of sp³-hybridized carbons (Fsp3) is 0.571. The van der Waals surface area contributed by atoms with Crippen LogP contribution in [0.2, 0.25) is 0 Å². The Kier molecular flexibility index (Phi) is 3.83. The van der Waals surface area contributed by atoms with E-state index < -0.39 is 0 Å². The van der Waals surface area contributed by atoms with Gasteiger partial charge in [0.25, 0.3) is 0 Å². The van der Waals surface area contributed by atoms with E-state index in [0.29, 0.717) is 18.4 Å². The first-order chi connectivity index (χ1) is 7.81. The van der Waals surface area contributed by atoms with Crippen LogP contribution < -0.4 is 4.74 Å². The van der Waals surface area contributed by atoms with Gasteiger partial charge in [-0.2, -0.15) is 0 Å². The highest BCUT2D eigenvalue weighted by Gasteiger charge is 2.27. The van der Waals surface area contributed by atoms with Gasteiger partial charge >= 0.3 is 0 Å². The van der Waals surface area contributed by atoms with Crippen LogP contribution >= 0.6 is 0 Å². The van der Waals surface area contributed by atoms with E-state index in [-0.39, 0.29) is 6.61 Å². The molecule has 1 fully saturated rings. The lowest BCUT2D eigenvalue weighted by Crippen LogP contribution is -2.29. The van der Waals surface area contributed by atoms with Crippen LogP contribution in [0.15, 0.2) is 24.3 Å². The van der Waals surface area contributed by atoms with Crippen LogP contribution in [0.4, 0.5) is 0 Å². The summed E-state index contributed by atoms with van der Waals surface area (Å²) in [6.07, 6.45) is 3.82. The molecule has 1 unspecified atom stereocenters. The number of hydrogen-bond acceptors (Lipinski definition) is 2. The molecule has 2 heteroatoms. The monoisotopic (exact) mass is 220 g/mol. The summed E-state index contributed by atoms with van der Waals surface area (Å²) in [5, 5.41) is 9.33. The second kappa shape index (κ2) is 5.35. The number of benzene rings is 1. The lowest BCUT2D eigenvalue weighted by molar-refractivity contribution is 0.0793. The Morgan fingerprint density at radius 2 is 2.12 bits per heavy atom. The van der Waals surface area contributed by atoms with Crippen LogP contribution in [0.1, 0.15) is 24.8 Å². The fourth-order valence-corrected chi connectivity index (χ4v) is 2.16. The van der Waals surface area contributed by atoms with Crippen molar-refractivity contribution in [3.63, 3.8) is 0 Å². The van der Waals surface area contributed by atoms with E-state index in [1.807, 2.05) is 31.2 Å². The molecule has 1 aliphatic rings. The predicted molar refractivity (Wildman–Crippen MR) is 64.6 cm³/mol. The molecule has 0 saturated heterocycles. The van der Waals surface area contributed by atoms with E-state index in [1.54, 1.807) is 0 Å². The van der Waals surface area contributed by atoms with Crippen LogP contribution in [-0.2, 0) is 0 Å². The molecular formula is C14H20O2. The quantitative estimate of drug-likeness (QED) is 0.826. The molecule has 0 radical (unpaired) electrons. The van der Waals surface area contributed by atoms with E-state index in [0.717, 1.165) is 11.3 Å². The molecule has 0 aliphatic heterocycles. The fourth-order valence-electron chi connectivity index (χ4n) is 2.16. The molecule has 1 saturated carbocycles. The largest absolute Gasteiger partial charge is 0.493 e. The summed E-state index contributed by atoms with van der Waals surface area (Å²) < 4.78 is 5.79. The third-order valence-electron chi connectivity index (χ3n) is 3.60. The molecule has 88 valence electrons. The van der Waals surface area contributed by atoms with Crippen molar-refractivity contribution < 1.29 is 9.84 Å². The summed E-state index contributed by atoms with van der Waals surface area (Å²) in [6, 6.07) is 8.04. The average Bonchev–Trinajstić information content (AvgIpc) is 2.23. The van der Waals surface area contributed by atoms with Gasteiger partial charge in [0.15, 0.2) is 0 Å². The maximum Gasteiger partial charge on any atom is 0.122 e. The van der Waals surface area contributed by atoms with Crippen LogP contribution in [0, 0.1) is 18.8 Å². The first-order valence-corrected chi connectivity index (χ1v) is 6.10. The number of aliphatic hydroxyl groups excluding tert-OH is 1. The zero-order valence-corrected chi connectivity index (χ0v) is 9.86. The molecule has 0 amide bonds. The van der Waals surface area contributed by atoms with E-state index >= 15 is 0 Å². The predicted octanol–water partition coefficient (Wildman–Crippen LogP) is 2.78. The van der Waals surface area contributed by atoms with Crippen molar-refractivity contribution in [2.75, 3.05) is 13.2 Å². The zero-order chi connectivity index (χ0) is 11.4. The van der Waals surface area contributed by atoms with Gasteiger partial charge in [-0.3, -0.25) is 0 Å². The molecule has 0 aromatic heterocycles. The van der Waals surface area contributed by atoms with Crippen molar-refractivity contribution >= 4 is 0 Å². The van der Waals surface area contributed by atoms with Crippen LogP contribution in [0.25, 0.3) is 0 Å². The van der Waals surface area contributed by atoms with E-state index in [2.05, 4.69) is 0 Å². The Bertz CT molecular complexity index is 331. The Morgan fingerprint density at radius 1 is 1.38 bits per heavy atom. The highest BCUT2D eigenvalue weighted by molar-refractivity contribution is 5.31. The van der Waals surface area contributed by atoms with Gasteiger partial charge in [0, 0.05) is 12.5 Å². The summed E-state index contributed by atoms with van der Waals surface area (Å²) in [5.41, 5.74) is 1.16. The molecule has 0 bridgehead atoms. The lowest BCUT2D eigenvalue weighted by atomic mass is 9.76. The van der Waals surface area contributed by atoms with Crippen molar-refractivity contribution in [3.05, 3.63) is 29.8 Å². The molecule has 0 spiro atoms. The topological polar surface area (TPSA) is 29.5 Å². The number of ether oxygens (including phenoxy) is 1. The van der Waals surface area contributed by atoms with Gasteiger partial charge in [0.05, 0.1) is 6.61 Å². The molecule has 2 nitrogen and oxygen atoms in total. The van der Waals surface area contributed by atoms with Crippen molar-refractivity contribution in [2.45, 2.75) is 26.2 Å². The molecule has 1 aromatic rings. The standard InChI is InChI=1S/C14H20O2/c1-11-5-2-3-8-14(11)16-10-13(9-15)12-6-4-7-12/h2-3,5,8,12-13,15H,4,6-7,9-10H2,1H3. The van der Waals surface area contributed by atoms with Gasteiger partial charge in [-0.05, 0) is 37.3 Å². The number of rotatable bonds is 5. The third-order valence-corrected chi connectivity index (χ3v) is 3.60. The third kappa shape index (κ3) is 2.56. The normalized spacial score (nSPS) is 17.9. The molecule has 2 rings (SSSR count). The minimum Gasteiger partial charge on any atom is -0.493 e. The van der Waals surface area contributed by atoms with Crippen LogP contribution in [0.3, 0.4) is 0 Å². The summed E-state index contributed by atoms with van der Waals surface area (Å²) in [7, 11) is 0. The van der Waals surface area contributed by atoms with Gasteiger partial charge in [-0.15, -0.1) is 0 Å². The average molecular weight is 220 g/mol. The minimum atomic E-state index is 0.247. The molecule has 1 aliphatic carbocycles. The SMILES string of the molecule is Cc1ccccc1OCC(CO)C1CCC1. The first kappa shape index (κ1) is 11.5. The van der Waals surface area contributed by atoms with Gasteiger partial charge in [0.2, 0.25) is 0 Å². The molecule has 0 heterocycles. The maximum absolute atomic E-state index is 9.33. The zero-order valence-electron chi connectivity index (χ0n) is 9.86. The van der Waals surface area contributed by atoms with E-state index in [9.17, 15) is 5.11 Å². The van der Waals surface area contributed by atoms with Gasteiger partial charge < -0.3 is 9.84 Å². The first-order valence-electron chi connectivity index (χ1n) is 6.10. The summed E-state index contributed by atoms with van der Waals surface area (Å²) in [5.74, 6) is 1.93. The lowest BCUT2D eigenvalue weighted by Gasteiger charge is -2.32. The Morgan fingerprint density at radius 3 is 2.69 bits per heavy atom. The Hall–Kier alpha value is -1.02. The van der Waals surface area contributed by atoms with Crippen molar-refractivity contribution in [1.29, 1.82) is 0 Å². The van der Waals surface area contributed by atoms with Crippen LogP contribution in [-0.4, -0.2) is 18.3 Å². The molecule has 16 heavy (non-hydrogen) atoms. The van der Waals surface area contributed by atoms with Gasteiger partial charge in [-0.1, -0.05) is 24.6 Å². The van der Waals surface area contributed by atoms with E-state index in [4.69, 9.17) is 4.74 Å². The van der Waals surface area contributed by atoms with Crippen molar-refractivity contribution in [3.8, 4) is 5.75 Å². The van der Waals surface area contributed by atoms with E-state index in [1.165, 1.54) is 19.3 Å². The van der Waals surface area contributed by atoms with Crippen molar-refractivity contribution in [2.24, 2.45) is 11.8 Å².